The second kappa shape index (κ2) is 9.21. The van der Waals surface area contributed by atoms with E-state index in [0.717, 1.165) is 16.7 Å². The Kier molecular flexibility index (Phi) is 6.56. The van der Waals surface area contributed by atoms with Gasteiger partial charge >= 0.3 is 12.1 Å². The molecule has 1 saturated carbocycles. The molecule has 0 radical (unpaired) electrons. The number of nitrogens with zero attached hydrogens (tertiary/aromatic N) is 1. The number of carboxylic acids is 1. The van der Waals surface area contributed by atoms with Crippen LogP contribution in [-0.4, -0.2) is 34.2 Å². The summed E-state index contributed by atoms with van der Waals surface area (Å²) >= 11 is 0. The van der Waals surface area contributed by atoms with Crippen LogP contribution in [0.1, 0.15) is 58.1 Å². The number of para-hydroxylation sites is 1. The monoisotopic (exact) mass is 491 g/mol. The maximum Gasteiger partial charge on any atom is 0.523 e. The fourth-order valence-electron chi connectivity index (χ4n) is 5.96. The lowest BCUT2D eigenvalue weighted by Crippen LogP contribution is -2.47. The summed E-state index contributed by atoms with van der Waals surface area (Å²) in [5.74, 6) is -1.42. The van der Waals surface area contributed by atoms with E-state index in [1.54, 1.807) is 13.1 Å². The molecule has 2 amide bonds. The number of amides is 2. The van der Waals surface area contributed by atoms with Crippen LogP contribution in [0.5, 0.6) is 0 Å². The first-order valence-corrected chi connectivity index (χ1v) is 12.4. The summed E-state index contributed by atoms with van der Waals surface area (Å²) in [6.07, 6.45) is 2.28. The smallest absolute Gasteiger partial charge is 0.481 e. The molecule has 2 aliphatic rings. The van der Waals surface area contributed by atoms with Gasteiger partial charge in [-0.15, -0.1) is 0 Å². The lowest BCUT2D eigenvalue weighted by Gasteiger charge is -2.38. The highest BCUT2D eigenvalue weighted by atomic mass is 16.4. The van der Waals surface area contributed by atoms with E-state index in [2.05, 4.69) is 5.32 Å². The number of carboxylic acid groups (broad SMARTS) is 2. The van der Waals surface area contributed by atoms with Gasteiger partial charge in [-0.1, -0.05) is 56.3 Å². The zero-order valence-corrected chi connectivity index (χ0v) is 21.3. The van der Waals surface area contributed by atoms with Crippen LogP contribution in [-0.2, 0) is 16.1 Å². The second-order valence-electron chi connectivity index (χ2n) is 11.0. The van der Waals surface area contributed by atoms with E-state index >= 15 is 0 Å². The Labute approximate surface area is 212 Å². The van der Waals surface area contributed by atoms with E-state index in [4.69, 9.17) is 0 Å². The Morgan fingerprint density at radius 1 is 1.03 bits per heavy atom. The molecule has 2 aromatic carbocycles. The standard InChI is InChI=1S/C29H34N2O5/c1-19(30-25(32)23-14-15-29(4,26(33)34)28(23,2)3)16-21-18-31(27(35)36,17-20-10-6-5-7-11-20)24-13-9-8-12-22(21)24/h5-13,18-19,23H,14-17H2,1-4H3,(H2-,30,32,33,34,35,36)/p+1/t19?,23-,29+,31-/m0/s1. The van der Waals surface area contributed by atoms with Gasteiger partial charge < -0.3 is 15.5 Å². The minimum absolute atomic E-state index is 0.146. The minimum atomic E-state index is -0.960. The fourth-order valence-corrected chi connectivity index (χ4v) is 5.96. The second-order valence-corrected chi connectivity index (χ2v) is 11.0. The van der Waals surface area contributed by atoms with Crippen molar-refractivity contribution in [1.82, 2.24) is 9.80 Å². The molecule has 1 unspecified atom stereocenters. The highest BCUT2D eigenvalue weighted by molar-refractivity contribution is 5.95. The molecule has 0 bridgehead atoms. The predicted octanol–water partition coefficient (Wildman–Crippen LogP) is 5.65. The molecule has 1 aliphatic carbocycles. The molecule has 3 N–H and O–H groups in total. The quantitative estimate of drug-likeness (QED) is 0.434. The summed E-state index contributed by atoms with van der Waals surface area (Å²) in [4.78, 5) is 37.9. The Bertz CT molecular complexity index is 1220. The Hall–Kier alpha value is -3.45. The summed E-state index contributed by atoms with van der Waals surface area (Å²) in [5.41, 5.74) is 1.72. The van der Waals surface area contributed by atoms with Crippen molar-refractivity contribution in [2.45, 2.75) is 59.5 Å². The van der Waals surface area contributed by atoms with Gasteiger partial charge in [-0.25, -0.2) is 0 Å². The molecule has 1 heterocycles. The molecule has 2 aromatic rings. The van der Waals surface area contributed by atoms with Gasteiger partial charge in [0.15, 0.2) is 5.69 Å². The number of hydrogen-bond acceptors (Lipinski definition) is 3. The van der Waals surface area contributed by atoms with Gasteiger partial charge in [0.25, 0.3) is 0 Å². The zero-order chi connectivity index (χ0) is 26.3. The van der Waals surface area contributed by atoms with Gasteiger partial charge in [-0.05, 0) is 44.6 Å². The largest absolute Gasteiger partial charge is 0.523 e. The molecule has 190 valence electrons. The molecular formula is C29H35N2O5+. The number of quaternary nitrogens is 1. The minimum Gasteiger partial charge on any atom is -0.481 e. The SMILES string of the molecule is CC(CC1=C[N@+](Cc2ccccc2)(C(=O)O)c2ccccc21)NC(=O)[C@@H]1CC[C@](C)(C(=O)O)C1(C)C. The third-order valence-electron chi connectivity index (χ3n) is 8.60. The Balaban J connectivity index is 1.57. The summed E-state index contributed by atoms with van der Waals surface area (Å²) in [6.45, 7) is 7.64. The summed E-state index contributed by atoms with van der Waals surface area (Å²) < 4.78 is -0.331. The molecule has 1 aliphatic heterocycles. The topological polar surface area (TPSA) is 104 Å². The lowest BCUT2D eigenvalue weighted by atomic mass is 9.65. The van der Waals surface area contributed by atoms with Crippen molar-refractivity contribution in [2.24, 2.45) is 16.7 Å². The average Bonchev–Trinajstić information content (AvgIpc) is 3.26. The third kappa shape index (κ3) is 4.11. The molecule has 0 aromatic heterocycles. The van der Waals surface area contributed by atoms with Gasteiger partial charge in [-0.3, -0.25) is 9.59 Å². The van der Waals surface area contributed by atoms with Crippen LogP contribution in [0.15, 0.2) is 60.8 Å². The maximum absolute atomic E-state index is 13.3. The first-order valence-electron chi connectivity index (χ1n) is 12.4. The van der Waals surface area contributed by atoms with E-state index in [9.17, 15) is 24.6 Å². The normalized spacial score (nSPS) is 27.1. The molecule has 7 heteroatoms. The predicted molar refractivity (Wildman–Crippen MR) is 139 cm³/mol. The first kappa shape index (κ1) is 25.6. The van der Waals surface area contributed by atoms with Crippen LogP contribution < -0.4 is 9.80 Å². The maximum atomic E-state index is 13.3. The van der Waals surface area contributed by atoms with Crippen molar-refractivity contribution in [1.29, 1.82) is 0 Å². The molecular weight excluding hydrogens is 456 g/mol. The van der Waals surface area contributed by atoms with Crippen molar-refractivity contribution >= 4 is 29.2 Å². The number of nitrogens with one attached hydrogen (secondary N) is 1. The lowest BCUT2D eigenvalue weighted by molar-refractivity contribution is -0.155. The summed E-state index contributed by atoms with van der Waals surface area (Å²) in [5, 5.41) is 23.2. The highest BCUT2D eigenvalue weighted by Crippen LogP contribution is 2.56. The van der Waals surface area contributed by atoms with Crippen molar-refractivity contribution in [3.05, 3.63) is 71.9 Å². The number of carbonyl (C=O) groups is 3. The van der Waals surface area contributed by atoms with E-state index in [-0.39, 0.29) is 23.0 Å². The summed E-state index contributed by atoms with van der Waals surface area (Å²) in [6, 6.07) is 16.8. The number of fused-ring (bicyclic) bond motifs is 1. The highest BCUT2D eigenvalue weighted by Gasteiger charge is 2.58. The van der Waals surface area contributed by atoms with Crippen LogP contribution in [0.25, 0.3) is 5.57 Å². The van der Waals surface area contributed by atoms with E-state index in [0.29, 0.717) is 24.9 Å². The zero-order valence-electron chi connectivity index (χ0n) is 21.3. The Morgan fingerprint density at radius 2 is 1.67 bits per heavy atom. The third-order valence-corrected chi connectivity index (χ3v) is 8.60. The number of carbonyl (C=O) groups excluding carboxylic acids is 1. The van der Waals surface area contributed by atoms with Crippen LogP contribution in [0.2, 0.25) is 0 Å². The van der Waals surface area contributed by atoms with Gasteiger partial charge in [0, 0.05) is 34.7 Å². The molecule has 4 rings (SSSR count). The molecule has 0 spiro atoms. The number of benzene rings is 2. The molecule has 36 heavy (non-hydrogen) atoms. The van der Waals surface area contributed by atoms with Crippen LogP contribution >= 0.6 is 0 Å². The molecule has 4 atom stereocenters. The van der Waals surface area contributed by atoms with E-state index in [1.807, 2.05) is 75.4 Å². The van der Waals surface area contributed by atoms with Gasteiger partial charge in [0.2, 0.25) is 5.91 Å². The van der Waals surface area contributed by atoms with Crippen molar-refractivity contribution < 1.29 is 24.6 Å². The first-order chi connectivity index (χ1) is 16.9. The number of rotatable bonds is 7. The van der Waals surface area contributed by atoms with E-state index in [1.165, 1.54) is 0 Å². The fraction of sp³-hybridized carbons (Fsp3) is 0.414. The summed E-state index contributed by atoms with van der Waals surface area (Å²) in [7, 11) is 0. The van der Waals surface area contributed by atoms with Crippen molar-refractivity contribution in [3.63, 3.8) is 0 Å². The van der Waals surface area contributed by atoms with Crippen LogP contribution in [0.4, 0.5) is 10.5 Å². The van der Waals surface area contributed by atoms with Crippen LogP contribution in [0.3, 0.4) is 0 Å². The van der Waals surface area contributed by atoms with Crippen molar-refractivity contribution in [3.8, 4) is 0 Å². The number of aliphatic carboxylic acids is 1. The average molecular weight is 492 g/mol. The van der Waals surface area contributed by atoms with Crippen molar-refractivity contribution in [2.75, 3.05) is 0 Å². The van der Waals surface area contributed by atoms with Gasteiger partial charge in [0.1, 0.15) is 12.7 Å². The van der Waals surface area contributed by atoms with E-state index < -0.39 is 28.8 Å². The molecule has 7 nitrogen and oxygen atoms in total. The Morgan fingerprint density at radius 3 is 2.28 bits per heavy atom. The van der Waals surface area contributed by atoms with Gasteiger partial charge in [-0.2, -0.15) is 9.28 Å². The van der Waals surface area contributed by atoms with Crippen LogP contribution in [0, 0.1) is 16.7 Å². The molecule has 0 saturated heterocycles. The number of hydrogen-bond donors (Lipinski definition) is 3. The van der Waals surface area contributed by atoms with Gasteiger partial charge in [0.05, 0.1) is 5.41 Å². The molecule has 1 fully saturated rings.